The van der Waals surface area contributed by atoms with Gasteiger partial charge in [-0.1, -0.05) is 71.2 Å². The summed E-state index contributed by atoms with van der Waals surface area (Å²) in [4.78, 5) is 6.28. The molecule has 0 radical (unpaired) electrons. The van der Waals surface area contributed by atoms with Crippen molar-refractivity contribution in [3.8, 4) is 0 Å². The molecule has 4 heteroatoms. The molecule has 31 heavy (non-hydrogen) atoms. The van der Waals surface area contributed by atoms with Crippen LogP contribution >= 0.6 is 11.8 Å². The molecule has 0 spiro atoms. The Morgan fingerprint density at radius 3 is 2.39 bits per heavy atom. The molecule has 2 N–H and O–H groups in total. The molecule has 1 heterocycles. The molecular weight excluding hydrogens is 398 g/mol. The van der Waals surface area contributed by atoms with Gasteiger partial charge >= 0.3 is 0 Å². The van der Waals surface area contributed by atoms with Gasteiger partial charge in [0.15, 0.2) is 0 Å². The van der Waals surface area contributed by atoms with Crippen molar-refractivity contribution in [1.29, 1.82) is 0 Å². The first-order chi connectivity index (χ1) is 14.9. The van der Waals surface area contributed by atoms with Crippen molar-refractivity contribution in [3.05, 3.63) is 54.2 Å². The molecule has 172 valence electrons. The van der Waals surface area contributed by atoms with Gasteiger partial charge in [0.05, 0.1) is 0 Å². The third-order valence-electron chi connectivity index (χ3n) is 5.80. The predicted octanol–water partition coefficient (Wildman–Crippen LogP) is 7.19. The molecule has 1 aromatic carbocycles. The monoisotopic (exact) mass is 441 g/mol. The SMILES string of the molecule is CCCCC(C)(C)CNc1cccc(CC(C)(CCC)NCCSc2ccccc2)n1. The molecule has 1 atom stereocenters. The summed E-state index contributed by atoms with van der Waals surface area (Å²) in [5, 5.41) is 7.42. The van der Waals surface area contributed by atoms with Gasteiger partial charge in [-0.15, -0.1) is 11.8 Å². The van der Waals surface area contributed by atoms with Gasteiger partial charge in [0, 0.05) is 41.4 Å². The van der Waals surface area contributed by atoms with Gasteiger partial charge in [-0.3, -0.25) is 0 Å². The van der Waals surface area contributed by atoms with E-state index in [4.69, 9.17) is 4.98 Å². The average molecular weight is 442 g/mol. The van der Waals surface area contributed by atoms with Gasteiger partial charge in [-0.2, -0.15) is 0 Å². The second-order valence-electron chi connectivity index (χ2n) is 9.71. The maximum Gasteiger partial charge on any atom is 0.126 e. The maximum atomic E-state index is 4.94. The number of nitrogens with zero attached hydrogens (tertiary/aromatic N) is 1. The number of aromatic nitrogens is 1. The topological polar surface area (TPSA) is 37.0 Å². The molecule has 2 rings (SSSR count). The molecule has 0 saturated heterocycles. The summed E-state index contributed by atoms with van der Waals surface area (Å²) >= 11 is 1.91. The van der Waals surface area contributed by atoms with Crippen molar-refractivity contribution in [2.24, 2.45) is 5.41 Å². The van der Waals surface area contributed by atoms with Crippen LogP contribution in [-0.4, -0.2) is 29.4 Å². The van der Waals surface area contributed by atoms with E-state index in [1.54, 1.807) is 0 Å². The zero-order valence-corrected chi connectivity index (χ0v) is 21.2. The molecule has 0 bridgehead atoms. The minimum atomic E-state index is 0.0675. The molecule has 2 aromatic rings. The highest BCUT2D eigenvalue weighted by Gasteiger charge is 2.24. The Labute approximate surface area is 195 Å². The van der Waals surface area contributed by atoms with Crippen LogP contribution in [0.1, 0.15) is 72.4 Å². The molecular formula is C27H43N3S. The lowest BCUT2D eigenvalue weighted by Gasteiger charge is -2.31. The van der Waals surface area contributed by atoms with E-state index in [2.05, 4.69) is 93.8 Å². The van der Waals surface area contributed by atoms with E-state index in [0.717, 1.165) is 43.2 Å². The lowest BCUT2D eigenvalue weighted by Crippen LogP contribution is -2.45. The number of hydrogen-bond donors (Lipinski definition) is 2. The number of thioether (sulfide) groups is 1. The first-order valence-electron chi connectivity index (χ1n) is 12.0. The van der Waals surface area contributed by atoms with E-state index in [1.165, 1.54) is 30.6 Å². The first kappa shape index (κ1) is 25.7. The summed E-state index contributed by atoms with van der Waals surface area (Å²) in [6.07, 6.45) is 7.04. The third kappa shape index (κ3) is 10.1. The Morgan fingerprint density at radius 2 is 1.68 bits per heavy atom. The molecule has 0 aliphatic heterocycles. The maximum absolute atomic E-state index is 4.94. The fourth-order valence-corrected chi connectivity index (χ4v) is 4.77. The lowest BCUT2D eigenvalue weighted by molar-refractivity contribution is 0.330. The van der Waals surface area contributed by atoms with Crippen LogP contribution in [0, 0.1) is 5.41 Å². The Morgan fingerprint density at radius 1 is 0.903 bits per heavy atom. The highest BCUT2D eigenvalue weighted by atomic mass is 32.2. The van der Waals surface area contributed by atoms with Crippen LogP contribution in [0.25, 0.3) is 0 Å². The summed E-state index contributed by atoms with van der Waals surface area (Å²) in [7, 11) is 0. The molecule has 1 unspecified atom stereocenters. The molecule has 0 amide bonds. The fraction of sp³-hybridized carbons (Fsp3) is 0.593. The van der Waals surface area contributed by atoms with Crippen molar-refractivity contribution in [2.45, 2.75) is 83.6 Å². The molecule has 0 saturated carbocycles. The van der Waals surface area contributed by atoms with E-state index in [0.29, 0.717) is 5.41 Å². The van der Waals surface area contributed by atoms with Crippen molar-refractivity contribution < 1.29 is 0 Å². The largest absolute Gasteiger partial charge is 0.370 e. The minimum absolute atomic E-state index is 0.0675. The fourth-order valence-electron chi connectivity index (χ4n) is 3.98. The zero-order valence-electron chi connectivity index (χ0n) is 20.3. The van der Waals surface area contributed by atoms with E-state index >= 15 is 0 Å². The van der Waals surface area contributed by atoms with Crippen molar-refractivity contribution in [1.82, 2.24) is 10.3 Å². The summed E-state index contributed by atoms with van der Waals surface area (Å²) in [5.41, 5.74) is 1.52. The van der Waals surface area contributed by atoms with Gasteiger partial charge < -0.3 is 10.6 Å². The summed E-state index contributed by atoms with van der Waals surface area (Å²) in [5.74, 6) is 2.08. The van der Waals surface area contributed by atoms with Crippen LogP contribution in [-0.2, 0) is 6.42 Å². The highest BCUT2D eigenvalue weighted by molar-refractivity contribution is 7.99. The quantitative estimate of drug-likeness (QED) is 0.226. The van der Waals surface area contributed by atoms with Crippen LogP contribution in [0.5, 0.6) is 0 Å². The number of nitrogens with one attached hydrogen (secondary N) is 2. The van der Waals surface area contributed by atoms with Crippen LogP contribution in [0.3, 0.4) is 0 Å². The van der Waals surface area contributed by atoms with Crippen LogP contribution in [0.2, 0.25) is 0 Å². The minimum Gasteiger partial charge on any atom is -0.370 e. The van der Waals surface area contributed by atoms with E-state index in [1.807, 2.05) is 11.8 Å². The average Bonchev–Trinajstić information content (AvgIpc) is 2.75. The van der Waals surface area contributed by atoms with Crippen LogP contribution < -0.4 is 10.6 Å². The zero-order chi connectivity index (χ0) is 22.6. The van der Waals surface area contributed by atoms with Crippen LogP contribution in [0.4, 0.5) is 5.82 Å². The van der Waals surface area contributed by atoms with Gasteiger partial charge in [-0.05, 0) is 49.4 Å². The molecule has 3 nitrogen and oxygen atoms in total. The van der Waals surface area contributed by atoms with Gasteiger partial charge in [-0.25, -0.2) is 4.98 Å². The van der Waals surface area contributed by atoms with E-state index in [9.17, 15) is 0 Å². The van der Waals surface area contributed by atoms with Crippen molar-refractivity contribution in [2.75, 3.05) is 24.2 Å². The Bertz CT molecular complexity index is 747. The van der Waals surface area contributed by atoms with Gasteiger partial charge in [0.1, 0.15) is 5.82 Å². The Balaban J connectivity index is 1.89. The van der Waals surface area contributed by atoms with E-state index < -0.39 is 0 Å². The molecule has 0 aliphatic carbocycles. The highest BCUT2D eigenvalue weighted by Crippen LogP contribution is 2.24. The number of unbranched alkanes of at least 4 members (excludes halogenated alkanes) is 1. The standard InChI is InChI=1S/C27H43N3S/c1-6-8-18-26(3,4)22-28-25-16-12-13-23(30-25)21-27(5,17-7-2)29-19-20-31-24-14-10-9-11-15-24/h9-16,29H,6-8,17-22H2,1-5H3,(H,28,30). The second kappa shape index (κ2) is 13.1. The molecule has 0 aliphatic rings. The number of anilines is 1. The summed E-state index contributed by atoms with van der Waals surface area (Å²) < 4.78 is 0. The lowest BCUT2D eigenvalue weighted by atomic mass is 9.87. The summed E-state index contributed by atoms with van der Waals surface area (Å²) in [6.45, 7) is 13.5. The van der Waals surface area contributed by atoms with Gasteiger partial charge in [0.2, 0.25) is 0 Å². The first-order valence-corrected chi connectivity index (χ1v) is 13.0. The Hall–Kier alpha value is -1.52. The normalized spacial score (nSPS) is 13.7. The number of benzene rings is 1. The van der Waals surface area contributed by atoms with Crippen molar-refractivity contribution in [3.63, 3.8) is 0 Å². The molecule has 0 fully saturated rings. The molecule has 1 aromatic heterocycles. The number of rotatable bonds is 15. The summed E-state index contributed by atoms with van der Waals surface area (Å²) in [6, 6.07) is 17.1. The van der Waals surface area contributed by atoms with Crippen molar-refractivity contribution >= 4 is 17.6 Å². The van der Waals surface area contributed by atoms with E-state index in [-0.39, 0.29) is 5.54 Å². The number of pyridine rings is 1. The third-order valence-corrected chi connectivity index (χ3v) is 6.81. The Kier molecular flexibility index (Phi) is 10.9. The second-order valence-corrected chi connectivity index (χ2v) is 10.9. The predicted molar refractivity (Wildman–Crippen MR) is 138 cm³/mol. The van der Waals surface area contributed by atoms with Crippen LogP contribution in [0.15, 0.2) is 53.4 Å². The number of hydrogen-bond acceptors (Lipinski definition) is 4. The van der Waals surface area contributed by atoms with Gasteiger partial charge in [0.25, 0.3) is 0 Å². The smallest absolute Gasteiger partial charge is 0.126 e.